The molecule has 2 atom stereocenters. The van der Waals surface area contributed by atoms with E-state index < -0.39 is 6.17 Å². The van der Waals surface area contributed by atoms with Gasteiger partial charge in [0, 0.05) is 10.2 Å². The summed E-state index contributed by atoms with van der Waals surface area (Å²) in [4.78, 5) is 0. The van der Waals surface area contributed by atoms with Crippen molar-refractivity contribution in [1.29, 1.82) is 0 Å². The Morgan fingerprint density at radius 3 is 2.73 bits per heavy atom. The minimum absolute atomic E-state index is 0.410. The van der Waals surface area contributed by atoms with E-state index in [0.29, 0.717) is 11.0 Å². The monoisotopic (exact) mass is 174 g/mol. The molecule has 0 spiro atoms. The molecule has 0 amide bonds. The lowest BCUT2D eigenvalue weighted by molar-refractivity contribution is 0.274. The Hall–Kier alpha value is 0.147. The van der Waals surface area contributed by atoms with E-state index in [-0.39, 0.29) is 0 Å². The SMILES string of the molecule is CC1(C)CCC(F)CC([SiH3])C1. The van der Waals surface area contributed by atoms with Gasteiger partial charge in [-0.1, -0.05) is 19.4 Å². The van der Waals surface area contributed by atoms with Gasteiger partial charge in [0.2, 0.25) is 0 Å². The third-order valence-electron chi connectivity index (χ3n) is 2.69. The van der Waals surface area contributed by atoms with Crippen molar-refractivity contribution in [3.05, 3.63) is 0 Å². The summed E-state index contributed by atoms with van der Waals surface area (Å²) >= 11 is 0. The fourth-order valence-corrected chi connectivity index (χ4v) is 3.85. The van der Waals surface area contributed by atoms with Gasteiger partial charge in [0.25, 0.3) is 0 Å². The molecule has 0 heterocycles. The summed E-state index contributed by atoms with van der Waals surface area (Å²) in [5.74, 6) is 0. The Morgan fingerprint density at radius 2 is 2.09 bits per heavy atom. The number of halogens is 1. The second-order valence-corrected chi connectivity index (χ2v) is 6.48. The molecule has 1 rings (SSSR count). The molecule has 66 valence electrons. The Bertz CT molecular complexity index is 134. The molecule has 0 aliphatic heterocycles. The van der Waals surface area contributed by atoms with Crippen LogP contribution in [0.5, 0.6) is 0 Å². The summed E-state index contributed by atoms with van der Waals surface area (Å²) in [6.45, 7) is 4.55. The first-order chi connectivity index (χ1) is 4.99. The van der Waals surface area contributed by atoms with Crippen LogP contribution in [0.15, 0.2) is 0 Å². The van der Waals surface area contributed by atoms with E-state index in [9.17, 15) is 4.39 Å². The van der Waals surface area contributed by atoms with Crippen LogP contribution in [0.2, 0.25) is 5.54 Å². The van der Waals surface area contributed by atoms with Crippen molar-refractivity contribution in [3.8, 4) is 0 Å². The van der Waals surface area contributed by atoms with Crippen LogP contribution >= 0.6 is 0 Å². The third-order valence-corrected chi connectivity index (χ3v) is 3.57. The van der Waals surface area contributed by atoms with Gasteiger partial charge in [-0.15, -0.1) is 0 Å². The molecule has 0 N–H and O–H groups in total. The zero-order valence-corrected chi connectivity index (χ0v) is 9.86. The summed E-state index contributed by atoms with van der Waals surface area (Å²) in [6.07, 6.45) is 3.47. The van der Waals surface area contributed by atoms with Gasteiger partial charge in [0.05, 0.1) is 0 Å². The molecule has 1 aliphatic carbocycles. The molecule has 1 saturated carbocycles. The fourth-order valence-electron chi connectivity index (χ4n) is 2.23. The average Bonchev–Trinajstić information content (AvgIpc) is 1.90. The normalized spacial score (nSPS) is 38.5. The first kappa shape index (κ1) is 9.24. The molecule has 0 aromatic heterocycles. The highest BCUT2D eigenvalue weighted by Crippen LogP contribution is 2.39. The number of hydrogen-bond donors (Lipinski definition) is 0. The highest BCUT2D eigenvalue weighted by Gasteiger charge is 2.27. The van der Waals surface area contributed by atoms with Gasteiger partial charge in [-0.05, 0) is 31.1 Å². The largest absolute Gasteiger partial charge is 0.247 e. The van der Waals surface area contributed by atoms with Crippen LogP contribution in [0.25, 0.3) is 0 Å². The minimum Gasteiger partial charge on any atom is -0.247 e. The van der Waals surface area contributed by atoms with Crippen molar-refractivity contribution < 1.29 is 4.39 Å². The van der Waals surface area contributed by atoms with Gasteiger partial charge in [0.15, 0.2) is 0 Å². The molecule has 0 radical (unpaired) electrons. The second kappa shape index (κ2) is 3.26. The van der Waals surface area contributed by atoms with E-state index in [0.717, 1.165) is 19.3 Å². The van der Waals surface area contributed by atoms with Gasteiger partial charge in [-0.25, -0.2) is 4.39 Å². The molecule has 11 heavy (non-hydrogen) atoms. The topological polar surface area (TPSA) is 0 Å². The molecule has 0 bridgehead atoms. The second-order valence-electron chi connectivity index (χ2n) is 4.85. The van der Waals surface area contributed by atoms with Crippen LogP contribution in [0.3, 0.4) is 0 Å². The van der Waals surface area contributed by atoms with E-state index in [1.165, 1.54) is 16.7 Å². The van der Waals surface area contributed by atoms with Crippen molar-refractivity contribution in [2.24, 2.45) is 5.41 Å². The Kier molecular flexibility index (Phi) is 2.73. The van der Waals surface area contributed by atoms with E-state index in [2.05, 4.69) is 13.8 Å². The quantitative estimate of drug-likeness (QED) is 0.389. The van der Waals surface area contributed by atoms with E-state index in [1.807, 2.05) is 0 Å². The van der Waals surface area contributed by atoms with Crippen LogP contribution in [0, 0.1) is 5.41 Å². The Balaban J connectivity index is 2.53. The minimum atomic E-state index is -0.501. The zero-order chi connectivity index (χ0) is 8.48. The maximum Gasteiger partial charge on any atom is 0.100 e. The van der Waals surface area contributed by atoms with Gasteiger partial charge < -0.3 is 0 Å². The predicted octanol–water partition coefficient (Wildman–Crippen LogP) is 2.08. The average molecular weight is 174 g/mol. The van der Waals surface area contributed by atoms with Gasteiger partial charge in [-0.3, -0.25) is 0 Å². The number of alkyl halides is 1. The van der Waals surface area contributed by atoms with Gasteiger partial charge in [-0.2, -0.15) is 0 Å². The van der Waals surface area contributed by atoms with Gasteiger partial charge in [0.1, 0.15) is 6.17 Å². The molecular weight excluding hydrogens is 155 g/mol. The van der Waals surface area contributed by atoms with Crippen molar-refractivity contribution in [2.75, 3.05) is 0 Å². The van der Waals surface area contributed by atoms with Crippen molar-refractivity contribution in [3.63, 3.8) is 0 Å². The molecular formula is C9H19FSi. The zero-order valence-electron chi connectivity index (χ0n) is 7.86. The standard InChI is InChI=1S/C9H19FSi/c1-9(2)4-3-7(10)5-8(11)6-9/h7-8H,3-6H2,1-2,11H3. The smallest absolute Gasteiger partial charge is 0.100 e. The summed E-state index contributed by atoms with van der Waals surface area (Å²) in [5, 5.41) is 0. The highest BCUT2D eigenvalue weighted by atomic mass is 28.1. The molecule has 0 aromatic carbocycles. The van der Waals surface area contributed by atoms with Crippen molar-refractivity contribution >= 4 is 10.2 Å². The van der Waals surface area contributed by atoms with Crippen LogP contribution < -0.4 is 0 Å². The summed E-state index contributed by atoms with van der Waals surface area (Å²) in [5.41, 5.74) is 1.12. The molecule has 1 fully saturated rings. The molecule has 0 saturated heterocycles. The molecule has 0 aromatic rings. The summed E-state index contributed by atoms with van der Waals surface area (Å²) in [6, 6.07) is 0. The van der Waals surface area contributed by atoms with Gasteiger partial charge >= 0.3 is 0 Å². The lowest BCUT2D eigenvalue weighted by Crippen LogP contribution is -2.11. The van der Waals surface area contributed by atoms with E-state index in [1.54, 1.807) is 0 Å². The van der Waals surface area contributed by atoms with Crippen LogP contribution in [0.4, 0.5) is 4.39 Å². The lowest BCUT2D eigenvalue weighted by atomic mass is 9.85. The maximum atomic E-state index is 13.1. The maximum absolute atomic E-state index is 13.1. The fraction of sp³-hybridized carbons (Fsp3) is 1.00. The third kappa shape index (κ3) is 2.94. The molecule has 2 unspecified atom stereocenters. The van der Waals surface area contributed by atoms with Crippen molar-refractivity contribution in [2.45, 2.75) is 51.2 Å². The molecule has 2 heteroatoms. The molecule has 0 nitrogen and oxygen atoms in total. The van der Waals surface area contributed by atoms with Crippen LogP contribution in [-0.2, 0) is 0 Å². The first-order valence-corrected chi connectivity index (χ1v) is 5.79. The summed E-state index contributed by atoms with van der Waals surface area (Å²) in [7, 11) is 1.17. The Morgan fingerprint density at radius 1 is 1.45 bits per heavy atom. The van der Waals surface area contributed by atoms with Crippen LogP contribution in [-0.4, -0.2) is 16.4 Å². The molecule has 1 aliphatic rings. The number of rotatable bonds is 0. The van der Waals surface area contributed by atoms with Crippen molar-refractivity contribution in [1.82, 2.24) is 0 Å². The van der Waals surface area contributed by atoms with E-state index in [4.69, 9.17) is 0 Å². The highest BCUT2D eigenvalue weighted by molar-refractivity contribution is 6.11. The Labute approximate surface area is 72.0 Å². The first-order valence-electron chi connectivity index (χ1n) is 4.64. The predicted molar refractivity (Wildman–Crippen MR) is 50.8 cm³/mol. The summed E-state index contributed by atoms with van der Waals surface area (Å²) < 4.78 is 13.1. The van der Waals surface area contributed by atoms with E-state index >= 15 is 0 Å². The number of hydrogen-bond acceptors (Lipinski definition) is 0. The van der Waals surface area contributed by atoms with Crippen LogP contribution in [0.1, 0.15) is 39.5 Å². The lowest BCUT2D eigenvalue weighted by Gasteiger charge is -2.24.